The number of alkyl halides is 1. The summed E-state index contributed by atoms with van der Waals surface area (Å²) < 4.78 is 0. The molecule has 1 unspecified atom stereocenters. The molecule has 1 aromatic carbocycles. The van der Waals surface area contributed by atoms with Crippen molar-refractivity contribution in [3.63, 3.8) is 0 Å². The molecule has 0 amide bonds. The van der Waals surface area contributed by atoms with E-state index in [1.165, 1.54) is 0 Å². The highest BCUT2D eigenvalue weighted by Gasteiger charge is 2.22. The van der Waals surface area contributed by atoms with Crippen molar-refractivity contribution in [3.8, 4) is 0 Å². The van der Waals surface area contributed by atoms with Gasteiger partial charge in [-0.25, -0.2) is 0 Å². The van der Waals surface area contributed by atoms with E-state index in [1.807, 2.05) is 31.2 Å². The molecule has 0 heterocycles. The third kappa shape index (κ3) is 3.14. The maximum absolute atomic E-state index is 6.09. The Morgan fingerprint density at radius 2 is 1.87 bits per heavy atom. The average molecular weight is 264 g/mol. The lowest BCUT2D eigenvalue weighted by molar-refractivity contribution is 0.486. The van der Waals surface area contributed by atoms with Crippen LogP contribution in [-0.2, 0) is 6.42 Å². The van der Waals surface area contributed by atoms with E-state index < -0.39 is 0 Å². The van der Waals surface area contributed by atoms with Crippen molar-refractivity contribution >= 4 is 34.8 Å². The molecule has 0 aliphatic carbocycles. The van der Waals surface area contributed by atoms with Crippen LogP contribution < -0.4 is 0 Å². The predicted octanol–water partition coefficient (Wildman–Crippen LogP) is 4.97. The second kappa shape index (κ2) is 5.25. The second-order valence-electron chi connectivity index (χ2n) is 3.87. The molecule has 1 aromatic rings. The molecule has 0 fully saturated rings. The molecule has 0 N–H and O–H groups in total. The van der Waals surface area contributed by atoms with Gasteiger partial charge < -0.3 is 0 Å². The summed E-state index contributed by atoms with van der Waals surface area (Å²) in [6.45, 7) is 5.82. The minimum absolute atomic E-state index is 0.170. The van der Waals surface area contributed by atoms with Crippen LogP contribution in [0, 0.1) is 5.41 Å². The molecule has 0 aromatic heterocycles. The van der Waals surface area contributed by atoms with E-state index in [2.05, 4.69) is 6.58 Å². The summed E-state index contributed by atoms with van der Waals surface area (Å²) in [5.74, 6) is 0.498. The van der Waals surface area contributed by atoms with Crippen LogP contribution in [0.1, 0.15) is 12.5 Å². The molecule has 0 spiro atoms. The van der Waals surface area contributed by atoms with E-state index in [0.29, 0.717) is 22.3 Å². The molecule has 0 saturated heterocycles. The maximum atomic E-state index is 6.09. The summed E-state index contributed by atoms with van der Waals surface area (Å²) in [4.78, 5) is 0. The molecule has 0 nitrogen and oxygen atoms in total. The first-order chi connectivity index (χ1) is 7.02. The number of halogens is 3. The van der Waals surface area contributed by atoms with E-state index in [1.54, 1.807) is 0 Å². The van der Waals surface area contributed by atoms with Gasteiger partial charge in [-0.1, -0.05) is 42.3 Å². The van der Waals surface area contributed by atoms with Gasteiger partial charge in [0.15, 0.2) is 0 Å². The molecule has 82 valence electrons. The Kier molecular flexibility index (Phi) is 4.51. The minimum atomic E-state index is -0.170. The first kappa shape index (κ1) is 12.9. The monoisotopic (exact) mass is 262 g/mol. The standard InChI is InChI=1S/C12H13Cl3/c1-3-12(2,8-13)7-9-10(14)5-4-6-11(9)15/h3-6H,1,7-8H2,2H3. The first-order valence-corrected chi connectivity index (χ1v) is 5.94. The van der Waals surface area contributed by atoms with Gasteiger partial charge in [-0.05, 0) is 24.1 Å². The Morgan fingerprint density at radius 1 is 1.33 bits per heavy atom. The van der Waals surface area contributed by atoms with Crippen LogP contribution in [0.15, 0.2) is 30.9 Å². The van der Waals surface area contributed by atoms with Gasteiger partial charge in [-0.3, -0.25) is 0 Å². The van der Waals surface area contributed by atoms with Crippen molar-refractivity contribution in [1.29, 1.82) is 0 Å². The fourth-order valence-corrected chi connectivity index (χ4v) is 2.01. The van der Waals surface area contributed by atoms with Crippen LogP contribution in [0.5, 0.6) is 0 Å². The number of rotatable bonds is 4. The number of allylic oxidation sites excluding steroid dienone is 1. The Balaban J connectivity index is 3.03. The van der Waals surface area contributed by atoms with E-state index in [0.717, 1.165) is 5.56 Å². The van der Waals surface area contributed by atoms with Gasteiger partial charge in [-0.15, -0.1) is 18.2 Å². The van der Waals surface area contributed by atoms with Crippen molar-refractivity contribution in [1.82, 2.24) is 0 Å². The number of hydrogen-bond donors (Lipinski definition) is 0. The first-order valence-electron chi connectivity index (χ1n) is 4.65. The zero-order valence-electron chi connectivity index (χ0n) is 8.56. The van der Waals surface area contributed by atoms with Gasteiger partial charge in [0.05, 0.1) is 0 Å². The highest BCUT2D eigenvalue weighted by atomic mass is 35.5. The number of hydrogen-bond acceptors (Lipinski definition) is 0. The SMILES string of the molecule is C=CC(C)(CCl)Cc1c(Cl)cccc1Cl. The van der Waals surface area contributed by atoms with Gasteiger partial charge in [0.25, 0.3) is 0 Å². The highest BCUT2D eigenvalue weighted by Crippen LogP contribution is 2.33. The molecule has 1 rings (SSSR count). The minimum Gasteiger partial charge on any atom is -0.126 e. The van der Waals surface area contributed by atoms with Gasteiger partial charge in [0.2, 0.25) is 0 Å². The van der Waals surface area contributed by atoms with E-state index in [-0.39, 0.29) is 5.41 Å². The third-order valence-corrected chi connectivity index (χ3v) is 3.76. The van der Waals surface area contributed by atoms with E-state index in [9.17, 15) is 0 Å². The summed E-state index contributed by atoms with van der Waals surface area (Å²) in [6.07, 6.45) is 2.55. The molecule has 0 bridgehead atoms. The van der Waals surface area contributed by atoms with Gasteiger partial charge >= 0.3 is 0 Å². The fourth-order valence-electron chi connectivity index (χ4n) is 1.28. The molecule has 0 saturated carbocycles. The lowest BCUT2D eigenvalue weighted by Gasteiger charge is -2.23. The van der Waals surface area contributed by atoms with Crippen molar-refractivity contribution in [2.45, 2.75) is 13.3 Å². The lowest BCUT2D eigenvalue weighted by atomic mass is 9.86. The van der Waals surface area contributed by atoms with Gasteiger partial charge in [0, 0.05) is 21.3 Å². The van der Waals surface area contributed by atoms with Crippen LogP contribution in [0.25, 0.3) is 0 Å². The smallest absolute Gasteiger partial charge is 0.0453 e. The largest absolute Gasteiger partial charge is 0.126 e. The van der Waals surface area contributed by atoms with E-state index in [4.69, 9.17) is 34.8 Å². The summed E-state index contributed by atoms with van der Waals surface area (Å²) in [5, 5.41) is 1.36. The van der Waals surface area contributed by atoms with Crippen LogP contribution >= 0.6 is 34.8 Å². The van der Waals surface area contributed by atoms with Crippen molar-refractivity contribution in [3.05, 3.63) is 46.5 Å². The quantitative estimate of drug-likeness (QED) is 0.532. The summed E-state index contributed by atoms with van der Waals surface area (Å²) in [5.41, 5.74) is 0.764. The Morgan fingerprint density at radius 3 is 2.27 bits per heavy atom. The number of benzene rings is 1. The summed E-state index contributed by atoms with van der Waals surface area (Å²) >= 11 is 18.1. The summed E-state index contributed by atoms with van der Waals surface area (Å²) in [6, 6.07) is 5.50. The zero-order chi connectivity index (χ0) is 11.5. The Hall–Kier alpha value is -0.170. The molecule has 3 heteroatoms. The highest BCUT2D eigenvalue weighted by molar-refractivity contribution is 6.36. The average Bonchev–Trinajstić information content (AvgIpc) is 2.23. The predicted molar refractivity (Wildman–Crippen MR) is 69.2 cm³/mol. The van der Waals surface area contributed by atoms with Gasteiger partial charge in [0.1, 0.15) is 0 Å². The molecule has 15 heavy (non-hydrogen) atoms. The second-order valence-corrected chi connectivity index (χ2v) is 4.95. The molecular formula is C12H13Cl3. The lowest BCUT2D eigenvalue weighted by Crippen LogP contribution is -2.18. The van der Waals surface area contributed by atoms with Crippen LogP contribution in [0.4, 0.5) is 0 Å². The fraction of sp³-hybridized carbons (Fsp3) is 0.333. The molecule has 0 aliphatic heterocycles. The topological polar surface area (TPSA) is 0 Å². The van der Waals surface area contributed by atoms with E-state index >= 15 is 0 Å². The van der Waals surface area contributed by atoms with Crippen LogP contribution in [0.2, 0.25) is 10.0 Å². The maximum Gasteiger partial charge on any atom is 0.0453 e. The summed E-state index contributed by atoms with van der Waals surface area (Å²) in [7, 11) is 0. The third-order valence-electron chi connectivity index (χ3n) is 2.44. The normalized spacial score (nSPS) is 14.7. The zero-order valence-corrected chi connectivity index (χ0v) is 10.8. The Labute approximate surface area is 106 Å². The van der Waals surface area contributed by atoms with Crippen LogP contribution in [0.3, 0.4) is 0 Å². The Bertz CT molecular complexity index is 340. The molecular weight excluding hydrogens is 250 g/mol. The molecule has 1 atom stereocenters. The van der Waals surface area contributed by atoms with Crippen molar-refractivity contribution in [2.75, 3.05) is 5.88 Å². The van der Waals surface area contributed by atoms with Gasteiger partial charge in [-0.2, -0.15) is 0 Å². The van der Waals surface area contributed by atoms with Crippen molar-refractivity contribution in [2.24, 2.45) is 5.41 Å². The molecule has 0 aliphatic rings. The van der Waals surface area contributed by atoms with Crippen LogP contribution in [-0.4, -0.2) is 5.88 Å². The molecule has 0 radical (unpaired) electrons. The van der Waals surface area contributed by atoms with Crippen molar-refractivity contribution < 1.29 is 0 Å².